The summed E-state index contributed by atoms with van der Waals surface area (Å²) in [6.07, 6.45) is 6.78. The molecule has 0 bridgehead atoms. The third-order valence-electron chi connectivity index (χ3n) is 3.15. The van der Waals surface area contributed by atoms with Gasteiger partial charge in [-0.3, -0.25) is 0 Å². The van der Waals surface area contributed by atoms with Crippen molar-refractivity contribution in [2.75, 3.05) is 7.11 Å². The van der Waals surface area contributed by atoms with Crippen LogP contribution in [0.3, 0.4) is 0 Å². The lowest BCUT2D eigenvalue weighted by atomic mass is 9.90. The summed E-state index contributed by atoms with van der Waals surface area (Å²) < 4.78 is 5.19. The number of hydrogen-bond acceptors (Lipinski definition) is 3. The Hall–Kier alpha value is 0.0700. The van der Waals surface area contributed by atoms with Gasteiger partial charge in [0.05, 0.1) is 17.3 Å². The van der Waals surface area contributed by atoms with E-state index in [2.05, 4.69) is 15.9 Å². The number of methoxy groups -OCH3 is 1. The lowest BCUT2D eigenvalue weighted by Crippen LogP contribution is -2.04. The number of rotatable bonds is 4. The third kappa shape index (κ3) is 2.84. The van der Waals surface area contributed by atoms with E-state index in [0.29, 0.717) is 12.5 Å². The van der Waals surface area contributed by atoms with Gasteiger partial charge in [0, 0.05) is 23.2 Å². The van der Waals surface area contributed by atoms with Gasteiger partial charge >= 0.3 is 0 Å². The Morgan fingerprint density at radius 2 is 2.12 bits per heavy atom. The van der Waals surface area contributed by atoms with Crippen molar-refractivity contribution in [1.82, 2.24) is 4.98 Å². The highest BCUT2D eigenvalue weighted by molar-refractivity contribution is 9.08. The number of ether oxygens (including phenoxy) is 1. The van der Waals surface area contributed by atoms with Gasteiger partial charge in [0.15, 0.2) is 0 Å². The van der Waals surface area contributed by atoms with Crippen LogP contribution in [0.15, 0.2) is 0 Å². The van der Waals surface area contributed by atoms with Gasteiger partial charge in [-0.1, -0.05) is 35.2 Å². The van der Waals surface area contributed by atoms with Crippen LogP contribution in [0.1, 0.15) is 53.6 Å². The molecule has 0 aliphatic heterocycles. The van der Waals surface area contributed by atoms with E-state index in [1.807, 2.05) is 11.3 Å². The van der Waals surface area contributed by atoms with E-state index >= 15 is 0 Å². The molecular weight excluding hydrogens is 286 g/mol. The molecule has 1 aromatic heterocycles. The van der Waals surface area contributed by atoms with Gasteiger partial charge in [-0.15, -0.1) is 11.3 Å². The zero-order chi connectivity index (χ0) is 11.4. The van der Waals surface area contributed by atoms with Crippen LogP contribution < -0.4 is 0 Å². The van der Waals surface area contributed by atoms with Crippen molar-refractivity contribution in [1.29, 1.82) is 0 Å². The Labute approximate surface area is 110 Å². The molecule has 4 heteroatoms. The Morgan fingerprint density at radius 3 is 2.75 bits per heavy atom. The molecule has 1 aliphatic carbocycles. The first-order chi connectivity index (χ1) is 7.85. The monoisotopic (exact) mass is 303 g/mol. The molecule has 0 N–H and O–H groups in total. The van der Waals surface area contributed by atoms with E-state index in [1.54, 1.807) is 7.11 Å². The molecule has 0 atom stereocenters. The molecule has 1 saturated carbocycles. The SMILES string of the molecule is COCc1nc(C2CCCCC2)sc1CBr. The molecule has 90 valence electrons. The summed E-state index contributed by atoms with van der Waals surface area (Å²) in [6.45, 7) is 0.643. The maximum absolute atomic E-state index is 5.19. The third-order valence-corrected chi connectivity index (χ3v) is 5.34. The number of nitrogens with zero attached hydrogens (tertiary/aromatic N) is 1. The Bertz CT molecular complexity index is 334. The van der Waals surface area contributed by atoms with Gasteiger partial charge in [-0.25, -0.2) is 4.98 Å². The predicted molar refractivity (Wildman–Crippen MR) is 71.3 cm³/mol. The molecule has 1 heterocycles. The zero-order valence-corrected chi connectivity index (χ0v) is 12.1. The maximum atomic E-state index is 5.19. The molecule has 2 nitrogen and oxygen atoms in total. The minimum atomic E-state index is 0.643. The van der Waals surface area contributed by atoms with E-state index < -0.39 is 0 Å². The van der Waals surface area contributed by atoms with Crippen molar-refractivity contribution in [3.05, 3.63) is 15.6 Å². The summed E-state index contributed by atoms with van der Waals surface area (Å²) in [6, 6.07) is 0. The lowest BCUT2D eigenvalue weighted by molar-refractivity contribution is 0.181. The van der Waals surface area contributed by atoms with Crippen LogP contribution in [0.5, 0.6) is 0 Å². The summed E-state index contributed by atoms with van der Waals surface area (Å²) in [5, 5.41) is 2.23. The van der Waals surface area contributed by atoms with E-state index in [0.717, 1.165) is 11.0 Å². The second-order valence-corrected chi connectivity index (χ2v) is 6.00. The molecule has 1 fully saturated rings. The first kappa shape index (κ1) is 12.5. The molecule has 0 radical (unpaired) electrons. The minimum Gasteiger partial charge on any atom is -0.378 e. The summed E-state index contributed by atoms with van der Waals surface area (Å²) in [5.74, 6) is 0.710. The average molecular weight is 304 g/mol. The molecule has 0 saturated heterocycles. The number of hydrogen-bond donors (Lipinski definition) is 0. The molecular formula is C12H18BrNOS. The van der Waals surface area contributed by atoms with Crippen LogP contribution in [0.2, 0.25) is 0 Å². The second kappa shape index (κ2) is 6.12. The average Bonchev–Trinajstić information content (AvgIpc) is 2.74. The van der Waals surface area contributed by atoms with E-state index in [9.17, 15) is 0 Å². The predicted octanol–water partition coefficient (Wildman–Crippen LogP) is 4.23. The first-order valence-corrected chi connectivity index (χ1v) is 7.82. The smallest absolute Gasteiger partial charge is 0.0963 e. The number of aromatic nitrogens is 1. The number of alkyl halides is 1. The topological polar surface area (TPSA) is 22.1 Å². The van der Waals surface area contributed by atoms with Crippen LogP contribution in [0.25, 0.3) is 0 Å². The molecule has 0 amide bonds. The normalized spacial score (nSPS) is 17.9. The fourth-order valence-corrected chi connectivity index (χ4v) is 4.04. The molecule has 16 heavy (non-hydrogen) atoms. The fraction of sp³-hybridized carbons (Fsp3) is 0.750. The Morgan fingerprint density at radius 1 is 1.38 bits per heavy atom. The molecule has 0 aromatic carbocycles. The minimum absolute atomic E-state index is 0.643. The van der Waals surface area contributed by atoms with Gasteiger partial charge in [-0.2, -0.15) is 0 Å². The van der Waals surface area contributed by atoms with Crippen LogP contribution in [0, 0.1) is 0 Å². The lowest BCUT2D eigenvalue weighted by Gasteiger charge is -2.18. The summed E-state index contributed by atoms with van der Waals surface area (Å²) in [7, 11) is 1.73. The molecule has 1 aliphatic rings. The van der Waals surface area contributed by atoms with Crippen LogP contribution in [-0.2, 0) is 16.7 Å². The van der Waals surface area contributed by atoms with Gasteiger partial charge in [0.2, 0.25) is 0 Å². The largest absolute Gasteiger partial charge is 0.378 e. The fourth-order valence-electron chi connectivity index (χ4n) is 2.28. The number of halogens is 1. The van der Waals surface area contributed by atoms with Gasteiger partial charge in [-0.05, 0) is 12.8 Å². The standard InChI is InChI=1S/C12H18BrNOS/c1-15-8-10-11(7-13)16-12(14-10)9-5-3-2-4-6-9/h9H,2-8H2,1H3. The highest BCUT2D eigenvalue weighted by atomic mass is 79.9. The number of thiazole rings is 1. The molecule has 2 rings (SSSR count). The highest BCUT2D eigenvalue weighted by Gasteiger charge is 2.20. The van der Waals surface area contributed by atoms with Crippen LogP contribution in [0.4, 0.5) is 0 Å². The van der Waals surface area contributed by atoms with Gasteiger partial charge < -0.3 is 4.74 Å². The van der Waals surface area contributed by atoms with Crippen molar-refractivity contribution in [3.63, 3.8) is 0 Å². The Balaban J connectivity index is 2.14. The van der Waals surface area contributed by atoms with E-state index in [4.69, 9.17) is 9.72 Å². The second-order valence-electron chi connectivity index (χ2n) is 4.32. The van der Waals surface area contributed by atoms with Crippen molar-refractivity contribution in [2.45, 2.75) is 50.0 Å². The quantitative estimate of drug-likeness (QED) is 0.777. The summed E-state index contributed by atoms with van der Waals surface area (Å²) >= 11 is 5.40. The van der Waals surface area contributed by atoms with Crippen LogP contribution >= 0.6 is 27.3 Å². The highest BCUT2D eigenvalue weighted by Crippen LogP contribution is 2.36. The van der Waals surface area contributed by atoms with Gasteiger partial charge in [0.1, 0.15) is 0 Å². The molecule has 1 aromatic rings. The summed E-state index contributed by atoms with van der Waals surface area (Å²) in [5.41, 5.74) is 1.13. The van der Waals surface area contributed by atoms with Crippen molar-refractivity contribution in [3.8, 4) is 0 Å². The van der Waals surface area contributed by atoms with Crippen molar-refractivity contribution < 1.29 is 4.74 Å². The maximum Gasteiger partial charge on any atom is 0.0963 e. The van der Waals surface area contributed by atoms with Crippen molar-refractivity contribution >= 4 is 27.3 Å². The zero-order valence-electron chi connectivity index (χ0n) is 9.67. The summed E-state index contributed by atoms with van der Waals surface area (Å²) in [4.78, 5) is 6.09. The molecule has 0 unspecified atom stereocenters. The van der Waals surface area contributed by atoms with E-state index in [-0.39, 0.29) is 0 Å². The van der Waals surface area contributed by atoms with Crippen molar-refractivity contribution in [2.24, 2.45) is 0 Å². The van der Waals surface area contributed by atoms with Crippen LogP contribution in [-0.4, -0.2) is 12.1 Å². The van der Waals surface area contributed by atoms with Gasteiger partial charge in [0.25, 0.3) is 0 Å². The molecule has 0 spiro atoms. The Kier molecular flexibility index (Phi) is 4.79. The van der Waals surface area contributed by atoms with E-state index in [1.165, 1.54) is 42.0 Å². The first-order valence-electron chi connectivity index (χ1n) is 5.88.